The Hall–Kier alpha value is -4.46. The minimum atomic E-state index is -0.995. The summed E-state index contributed by atoms with van der Waals surface area (Å²) in [5, 5.41) is 32.0. The van der Waals surface area contributed by atoms with Gasteiger partial charge in [0.1, 0.15) is 11.5 Å². The SMILES string of the molecule is Cc1cccc(N2C(=O)C(=O)/C(=C(/O)c3cccc([N+](=O)[O-])c3)C2c2ccc(O)cc2)c1C. The van der Waals surface area contributed by atoms with Gasteiger partial charge in [-0.2, -0.15) is 0 Å². The van der Waals surface area contributed by atoms with E-state index < -0.39 is 28.4 Å². The molecule has 1 unspecified atom stereocenters. The Morgan fingerprint density at radius 3 is 2.33 bits per heavy atom. The molecule has 1 aliphatic heterocycles. The lowest BCUT2D eigenvalue weighted by atomic mass is 9.94. The van der Waals surface area contributed by atoms with Crippen LogP contribution in [0.25, 0.3) is 5.76 Å². The molecule has 33 heavy (non-hydrogen) atoms. The minimum absolute atomic E-state index is 0.00104. The fourth-order valence-electron chi connectivity index (χ4n) is 3.97. The van der Waals surface area contributed by atoms with Crippen LogP contribution in [0, 0.1) is 24.0 Å². The van der Waals surface area contributed by atoms with Crippen LogP contribution in [-0.2, 0) is 9.59 Å². The summed E-state index contributed by atoms with van der Waals surface area (Å²) in [5.74, 6) is -2.24. The zero-order chi connectivity index (χ0) is 23.9. The number of hydrogen-bond donors (Lipinski definition) is 2. The number of Topliss-reactive ketones (excluding diaryl/α,β-unsaturated/α-hetero) is 1. The van der Waals surface area contributed by atoms with Crippen LogP contribution in [-0.4, -0.2) is 26.8 Å². The molecule has 8 nitrogen and oxygen atoms in total. The number of rotatable bonds is 4. The maximum Gasteiger partial charge on any atom is 0.300 e. The molecular weight excluding hydrogens is 424 g/mol. The number of carbonyl (C=O) groups excluding carboxylic acids is 2. The van der Waals surface area contributed by atoms with Crippen LogP contribution in [0.15, 0.2) is 72.3 Å². The van der Waals surface area contributed by atoms with Crippen molar-refractivity contribution in [2.24, 2.45) is 0 Å². The molecule has 1 heterocycles. The Morgan fingerprint density at radius 2 is 1.67 bits per heavy atom. The fourth-order valence-corrected chi connectivity index (χ4v) is 3.97. The Kier molecular flexibility index (Phi) is 5.43. The molecule has 8 heteroatoms. The molecule has 4 rings (SSSR count). The van der Waals surface area contributed by atoms with Gasteiger partial charge >= 0.3 is 0 Å². The van der Waals surface area contributed by atoms with Gasteiger partial charge in [0.15, 0.2) is 0 Å². The molecule has 0 spiro atoms. The van der Waals surface area contributed by atoms with Gasteiger partial charge in [-0.05, 0) is 48.7 Å². The van der Waals surface area contributed by atoms with E-state index in [9.17, 15) is 29.9 Å². The molecule has 3 aromatic rings. The Balaban J connectivity index is 1.98. The van der Waals surface area contributed by atoms with E-state index in [1.165, 1.54) is 35.2 Å². The number of nitrogens with zero attached hydrogens (tertiary/aromatic N) is 2. The number of nitro groups is 1. The number of aromatic hydroxyl groups is 1. The third-order valence-electron chi connectivity index (χ3n) is 5.82. The lowest BCUT2D eigenvalue weighted by Crippen LogP contribution is -2.30. The molecule has 0 aromatic heterocycles. The van der Waals surface area contributed by atoms with E-state index in [0.717, 1.165) is 17.2 Å². The first kappa shape index (κ1) is 21.8. The van der Waals surface area contributed by atoms with Crippen LogP contribution in [0.3, 0.4) is 0 Å². The predicted octanol–water partition coefficient (Wildman–Crippen LogP) is 4.54. The van der Waals surface area contributed by atoms with Gasteiger partial charge in [-0.1, -0.05) is 36.4 Å². The van der Waals surface area contributed by atoms with Crippen molar-refractivity contribution in [3.63, 3.8) is 0 Å². The summed E-state index contributed by atoms with van der Waals surface area (Å²) in [5.41, 5.74) is 2.30. The number of hydrogen-bond acceptors (Lipinski definition) is 6. The van der Waals surface area contributed by atoms with E-state index in [1.807, 2.05) is 19.9 Å². The number of aryl methyl sites for hydroxylation is 1. The highest BCUT2D eigenvalue weighted by molar-refractivity contribution is 6.51. The van der Waals surface area contributed by atoms with Gasteiger partial charge in [-0.15, -0.1) is 0 Å². The number of carbonyl (C=O) groups is 2. The number of benzene rings is 3. The average Bonchev–Trinajstić information content (AvgIpc) is 3.06. The lowest BCUT2D eigenvalue weighted by molar-refractivity contribution is -0.384. The fraction of sp³-hybridized carbons (Fsp3) is 0.120. The van der Waals surface area contributed by atoms with Crippen molar-refractivity contribution >= 4 is 28.8 Å². The minimum Gasteiger partial charge on any atom is -0.508 e. The molecule has 1 aliphatic rings. The summed E-state index contributed by atoms with van der Waals surface area (Å²) < 4.78 is 0. The molecule has 1 saturated heterocycles. The van der Waals surface area contributed by atoms with Crippen LogP contribution < -0.4 is 4.90 Å². The quantitative estimate of drug-likeness (QED) is 0.200. The first-order valence-corrected chi connectivity index (χ1v) is 10.1. The first-order chi connectivity index (χ1) is 15.7. The molecule has 1 amide bonds. The maximum absolute atomic E-state index is 13.2. The molecule has 166 valence electrons. The zero-order valence-electron chi connectivity index (χ0n) is 17.9. The molecule has 2 N–H and O–H groups in total. The lowest BCUT2D eigenvalue weighted by Gasteiger charge is -2.27. The molecule has 0 saturated carbocycles. The van der Waals surface area contributed by atoms with Gasteiger partial charge in [0.05, 0.1) is 16.5 Å². The Morgan fingerprint density at radius 1 is 1.00 bits per heavy atom. The third kappa shape index (κ3) is 3.71. The third-order valence-corrected chi connectivity index (χ3v) is 5.82. The zero-order valence-corrected chi connectivity index (χ0v) is 17.9. The second kappa shape index (κ2) is 8.23. The van der Waals surface area contributed by atoms with Crippen LogP contribution in [0.1, 0.15) is 28.3 Å². The standard InChI is InChI=1S/C25H20N2O6/c1-14-5-3-8-20(15(14)2)26-22(16-9-11-19(28)12-10-16)21(24(30)25(26)31)23(29)17-6-4-7-18(13-17)27(32)33/h3-13,22,28-29H,1-2H3/b23-21+. The number of non-ortho nitro benzene ring substituents is 1. The normalized spacial score (nSPS) is 17.4. The van der Waals surface area contributed by atoms with Crippen molar-refractivity contribution in [1.29, 1.82) is 0 Å². The van der Waals surface area contributed by atoms with E-state index >= 15 is 0 Å². The van der Waals surface area contributed by atoms with Gasteiger partial charge in [0.25, 0.3) is 17.4 Å². The van der Waals surface area contributed by atoms with Crippen molar-refractivity contribution in [2.45, 2.75) is 19.9 Å². The van der Waals surface area contributed by atoms with Crippen LogP contribution >= 0.6 is 0 Å². The van der Waals surface area contributed by atoms with Crippen molar-refractivity contribution in [2.75, 3.05) is 4.90 Å². The summed E-state index contributed by atoms with van der Waals surface area (Å²) in [6.45, 7) is 3.71. The van der Waals surface area contributed by atoms with E-state index in [-0.39, 0.29) is 22.6 Å². The van der Waals surface area contributed by atoms with E-state index in [2.05, 4.69) is 0 Å². The second-order valence-electron chi connectivity index (χ2n) is 7.79. The molecular formula is C25H20N2O6. The smallest absolute Gasteiger partial charge is 0.300 e. The summed E-state index contributed by atoms with van der Waals surface area (Å²) >= 11 is 0. The van der Waals surface area contributed by atoms with Crippen LogP contribution in [0.2, 0.25) is 0 Å². The molecule has 1 fully saturated rings. The summed E-state index contributed by atoms with van der Waals surface area (Å²) in [6, 6.07) is 15.6. The highest BCUT2D eigenvalue weighted by atomic mass is 16.6. The molecule has 1 atom stereocenters. The van der Waals surface area contributed by atoms with E-state index in [0.29, 0.717) is 11.3 Å². The van der Waals surface area contributed by atoms with Gasteiger partial charge in [-0.3, -0.25) is 24.6 Å². The highest BCUT2D eigenvalue weighted by Gasteiger charge is 2.47. The molecule has 0 aliphatic carbocycles. The number of amides is 1. The monoisotopic (exact) mass is 444 g/mol. The Bertz CT molecular complexity index is 1330. The number of aliphatic hydroxyl groups is 1. The Labute approximate surface area is 189 Å². The maximum atomic E-state index is 13.2. The number of aliphatic hydroxyl groups excluding tert-OH is 1. The van der Waals surface area contributed by atoms with Crippen molar-refractivity contribution in [1.82, 2.24) is 0 Å². The summed E-state index contributed by atoms with van der Waals surface area (Å²) in [7, 11) is 0. The number of anilines is 1. The van der Waals surface area contributed by atoms with Gasteiger partial charge in [0.2, 0.25) is 0 Å². The molecule has 0 bridgehead atoms. The van der Waals surface area contributed by atoms with E-state index in [1.54, 1.807) is 24.3 Å². The largest absolute Gasteiger partial charge is 0.508 e. The topological polar surface area (TPSA) is 121 Å². The van der Waals surface area contributed by atoms with Gasteiger partial charge in [-0.25, -0.2) is 0 Å². The molecule has 0 radical (unpaired) electrons. The number of phenols is 1. The number of phenolic OH excluding ortho intramolecular Hbond substituents is 1. The van der Waals surface area contributed by atoms with Crippen molar-refractivity contribution in [3.05, 3.63) is 105 Å². The summed E-state index contributed by atoms with van der Waals surface area (Å²) in [4.78, 5) is 38.3. The summed E-state index contributed by atoms with van der Waals surface area (Å²) in [6.07, 6.45) is 0. The van der Waals surface area contributed by atoms with Gasteiger partial charge < -0.3 is 10.2 Å². The van der Waals surface area contributed by atoms with Crippen LogP contribution in [0.5, 0.6) is 5.75 Å². The number of ketones is 1. The number of nitro benzene ring substituents is 1. The van der Waals surface area contributed by atoms with Crippen molar-refractivity contribution < 1.29 is 24.7 Å². The highest BCUT2D eigenvalue weighted by Crippen LogP contribution is 2.43. The van der Waals surface area contributed by atoms with Gasteiger partial charge in [0, 0.05) is 23.4 Å². The van der Waals surface area contributed by atoms with E-state index in [4.69, 9.17) is 0 Å². The predicted molar refractivity (Wildman–Crippen MR) is 122 cm³/mol. The van der Waals surface area contributed by atoms with Crippen LogP contribution in [0.4, 0.5) is 11.4 Å². The first-order valence-electron chi connectivity index (χ1n) is 10.1. The second-order valence-corrected chi connectivity index (χ2v) is 7.79. The molecule has 3 aromatic carbocycles. The average molecular weight is 444 g/mol. The van der Waals surface area contributed by atoms with Crippen molar-refractivity contribution in [3.8, 4) is 5.75 Å².